The van der Waals surface area contributed by atoms with E-state index in [1.165, 1.54) is 0 Å². The smallest absolute Gasteiger partial charge is 0.116 e. The third kappa shape index (κ3) is 1.85. The predicted octanol–water partition coefficient (Wildman–Crippen LogP) is 1.80. The van der Waals surface area contributed by atoms with E-state index >= 15 is 0 Å². The summed E-state index contributed by atoms with van der Waals surface area (Å²) in [5.41, 5.74) is 8.51. The maximum absolute atomic E-state index is 9.38. The van der Waals surface area contributed by atoms with Crippen LogP contribution in [0, 0.1) is 0 Å². The molecule has 4 nitrogen and oxygen atoms in total. The Morgan fingerprint density at radius 3 is 2.93 bits per heavy atom. The summed E-state index contributed by atoms with van der Waals surface area (Å²) in [5, 5.41) is 16.2. The minimum absolute atomic E-state index is 0.0823. The Morgan fingerprint density at radius 2 is 2.27 bits per heavy atom. The van der Waals surface area contributed by atoms with Gasteiger partial charge >= 0.3 is 0 Å². The van der Waals surface area contributed by atoms with Gasteiger partial charge in [-0.3, -0.25) is 5.10 Å². The van der Waals surface area contributed by atoms with Crippen LogP contribution in [0.2, 0.25) is 0 Å². The highest BCUT2D eigenvalue weighted by Crippen LogP contribution is 2.26. The highest BCUT2D eigenvalue weighted by Gasteiger charge is 2.10. The molecule has 1 aromatic carbocycles. The number of phenols is 1. The van der Waals surface area contributed by atoms with Gasteiger partial charge in [0.05, 0.1) is 11.9 Å². The highest BCUT2D eigenvalue weighted by atomic mass is 16.3. The molecule has 0 aliphatic rings. The third-order valence-electron chi connectivity index (χ3n) is 2.29. The van der Waals surface area contributed by atoms with Crippen LogP contribution in [0.25, 0.3) is 11.3 Å². The first-order chi connectivity index (χ1) is 7.18. The number of H-pyrrole nitrogens is 1. The lowest BCUT2D eigenvalue weighted by Gasteiger charge is -2.06. The Morgan fingerprint density at radius 1 is 1.47 bits per heavy atom. The molecule has 1 heterocycles. The first kappa shape index (κ1) is 9.73. The van der Waals surface area contributed by atoms with Gasteiger partial charge < -0.3 is 10.8 Å². The van der Waals surface area contributed by atoms with Gasteiger partial charge in [0.15, 0.2) is 0 Å². The summed E-state index contributed by atoms with van der Waals surface area (Å²) < 4.78 is 0. The summed E-state index contributed by atoms with van der Waals surface area (Å²) >= 11 is 0. The van der Waals surface area contributed by atoms with E-state index in [2.05, 4.69) is 10.2 Å². The van der Waals surface area contributed by atoms with Crippen LogP contribution in [0.4, 0.5) is 0 Å². The Labute approximate surface area is 87.7 Å². The molecule has 2 rings (SSSR count). The van der Waals surface area contributed by atoms with Crippen molar-refractivity contribution < 1.29 is 5.11 Å². The van der Waals surface area contributed by atoms with E-state index in [0.717, 1.165) is 16.8 Å². The molecule has 15 heavy (non-hydrogen) atoms. The second kappa shape index (κ2) is 3.74. The van der Waals surface area contributed by atoms with E-state index in [-0.39, 0.29) is 11.8 Å². The fourth-order valence-electron chi connectivity index (χ4n) is 1.53. The molecular formula is C11H13N3O. The molecule has 1 unspecified atom stereocenters. The largest absolute Gasteiger partial charge is 0.508 e. The van der Waals surface area contributed by atoms with E-state index in [1.807, 2.05) is 13.0 Å². The topological polar surface area (TPSA) is 74.9 Å². The van der Waals surface area contributed by atoms with E-state index in [9.17, 15) is 5.11 Å². The Bertz CT molecular complexity index is 462. The number of rotatable bonds is 2. The second-order valence-corrected chi connectivity index (χ2v) is 3.54. The van der Waals surface area contributed by atoms with Crippen molar-refractivity contribution in [3.8, 4) is 17.0 Å². The molecule has 0 aliphatic carbocycles. The molecule has 0 spiro atoms. The molecule has 0 aliphatic heterocycles. The van der Waals surface area contributed by atoms with Gasteiger partial charge in [0, 0.05) is 17.2 Å². The number of nitrogens with one attached hydrogen (secondary N) is 1. The maximum atomic E-state index is 9.38. The van der Waals surface area contributed by atoms with Crippen LogP contribution in [0.3, 0.4) is 0 Å². The van der Waals surface area contributed by atoms with Gasteiger partial charge in [0.1, 0.15) is 5.75 Å². The number of hydrogen-bond acceptors (Lipinski definition) is 3. The fourth-order valence-corrected chi connectivity index (χ4v) is 1.53. The van der Waals surface area contributed by atoms with Crippen molar-refractivity contribution in [3.05, 3.63) is 36.0 Å². The molecule has 0 bridgehead atoms. The molecular weight excluding hydrogens is 190 g/mol. The number of benzene rings is 1. The van der Waals surface area contributed by atoms with Crippen molar-refractivity contribution in [1.29, 1.82) is 0 Å². The molecule has 2 aromatic rings. The standard InChI is InChI=1S/C11H13N3O/c1-7(12)10-6-13-14-11(10)8-3-2-4-9(15)5-8/h2-7,15H,12H2,1H3,(H,13,14). The van der Waals surface area contributed by atoms with Crippen molar-refractivity contribution in [2.24, 2.45) is 5.73 Å². The van der Waals surface area contributed by atoms with Crippen LogP contribution in [-0.4, -0.2) is 15.3 Å². The Balaban J connectivity index is 2.49. The number of nitrogens with zero attached hydrogens (tertiary/aromatic N) is 1. The van der Waals surface area contributed by atoms with Gasteiger partial charge in [0.25, 0.3) is 0 Å². The van der Waals surface area contributed by atoms with Gasteiger partial charge in [-0.05, 0) is 19.1 Å². The highest BCUT2D eigenvalue weighted by molar-refractivity contribution is 5.64. The number of aromatic hydroxyl groups is 1. The molecule has 0 saturated heterocycles. The number of phenolic OH excluding ortho intramolecular Hbond substituents is 1. The molecule has 4 N–H and O–H groups in total. The van der Waals surface area contributed by atoms with Gasteiger partial charge in [-0.25, -0.2) is 0 Å². The quantitative estimate of drug-likeness (QED) is 0.696. The van der Waals surface area contributed by atoms with Gasteiger partial charge in [-0.15, -0.1) is 0 Å². The molecule has 1 aromatic heterocycles. The van der Waals surface area contributed by atoms with Crippen LogP contribution in [0.5, 0.6) is 5.75 Å². The number of hydrogen-bond donors (Lipinski definition) is 3. The minimum Gasteiger partial charge on any atom is -0.508 e. The summed E-state index contributed by atoms with van der Waals surface area (Å²) in [4.78, 5) is 0. The van der Waals surface area contributed by atoms with E-state index in [1.54, 1.807) is 24.4 Å². The average Bonchev–Trinajstić information content (AvgIpc) is 2.65. The van der Waals surface area contributed by atoms with Crippen molar-refractivity contribution in [3.63, 3.8) is 0 Å². The Kier molecular flexibility index (Phi) is 2.43. The number of aromatic amines is 1. The zero-order valence-electron chi connectivity index (χ0n) is 8.44. The predicted molar refractivity (Wildman–Crippen MR) is 58.3 cm³/mol. The summed E-state index contributed by atoms with van der Waals surface area (Å²) in [6.45, 7) is 1.90. The first-order valence-electron chi connectivity index (χ1n) is 4.76. The normalized spacial score (nSPS) is 12.7. The lowest BCUT2D eigenvalue weighted by atomic mass is 10.0. The molecule has 0 amide bonds. The summed E-state index contributed by atoms with van der Waals surface area (Å²) in [6, 6.07) is 6.92. The van der Waals surface area contributed by atoms with Crippen molar-refractivity contribution in [2.45, 2.75) is 13.0 Å². The number of nitrogens with two attached hydrogens (primary N) is 1. The van der Waals surface area contributed by atoms with E-state index < -0.39 is 0 Å². The fraction of sp³-hybridized carbons (Fsp3) is 0.182. The van der Waals surface area contributed by atoms with Crippen molar-refractivity contribution >= 4 is 0 Å². The summed E-state index contributed by atoms with van der Waals surface area (Å²) in [5.74, 6) is 0.234. The van der Waals surface area contributed by atoms with Crippen molar-refractivity contribution in [1.82, 2.24) is 10.2 Å². The van der Waals surface area contributed by atoms with Crippen molar-refractivity contribution in [2.75, 3.05) is 0 Å². The molecule has 0 radical (unpaired) electrons. The summed E-state index contributed by atoms with van der Waals surface area (Å²) in [7, 11) is 0. The lowest BCUT2D eigenvalue weighted by Crippen LogP contribution is -2.05. The minimum atomic E-state index is -0.0823. The maximum Gasteiger partial charge on any atom is 0.116 e. The van der Waals surface area contributed by atoms with Crippen LogP contribution < -0.4 is 5.73 Å². The van der Waals surface area contributed by atoms with E-state index in [0.29, 0.717) is 0 Å². The first-order valence-corrected chi connectivity index (χ1v) is 4.76. The lowest BCUT2D eigenvalue weighted by molar-refractivity contribution is 0.475. The van der Waals surface area contributed by atoms with Crippen LogP contribution >= 0.6 is 0 Å². The molecule has 1 atom stereocenters. The second-order valence-electron chi connectivity index (χ2n) is 3.54. The van der Waals surface area contributed by atoms with Crippen LogP contribution in [0.1, 0.15) is 18.5 Å². The molecule has 4 heteroatoms. The van der Waals surface area contributed by atoms with Crippen LogP contribution in [0.15, 0.2) is 30.5 Å². The molecule has 0 fully saturated rings. The average molecular weight is 203 g/mol. The monoisotopic (exact) mass is 203 g/mol. The van der Waals surface area contributed by atoms with Gasteiger partial charge in [-0.1, -0.05) is 12.1 Å². The van der Waals surface area contributed by atoms with Gasteiger partial charge in [0.2, 0.25) is 0 Å². The molecule has 0 saturated carbocycles. The third-order valence-corrected chi connectivity index (χ3v) is 2.29. The number of aromatic nitrogens is 2. The van der Waals surface area contributed by atoms with E-state index in [4.69, 9.17) is 5.73 Å². The zero-order chi connectivity index (χ0) is 10.8. The summed E-state index contributed by atoms with van der Waals surface area (Å²) in [6.07, 6.45) is 1.71. The van der Waals surface area contributed by atoms with Gasteiger partial charge in [-0.2, -0.15) is 5.10 Å². The van der Waals surface area contributed by atoms with Crippen LogP contribution in [-0.2, 0) is 0 Å². The molecule has 78 valence electrons. The SMILES string of the molecule is CC(N)c1cn[nH]c1-c1cccc(O)c1. The zero-order valence-corrected chi connectivity index (χ0v) is 8.44. The Hall–Kier alpha value is -1.81.